The maximum atomic E-state index is 13.3. The Hall–Kier alpha value is -2.64. The third-order valence-corrected chi connectivity index (χ3v) is 8.55. The Labute approximate surface area is 221 Å². The van der Waals surface area contributed by atoms with Gasteiger partial charge in [-0.05, 0) is 76.4 Å². The Morgan fingerprint density at radius 2 is 1.78 bits per heavy atom. The van der Waals surface area contributed by atoms with Crippen LogP contribution in [0, 0.1) is 5.92 Å². The van der Waals surface area contributed by atoms with Gasteiger partial charge in [-0.3, -0.25) is 9.69 Å². The van der Waals surface area contributed by atoms with Gasteiger partial charge in [-0.1, -0.05) is 51.4 Å². The number of rotatable bonds is 6. The van der Waals surface area contributed by atoms with Gasteiger partial charge in [-0.2, -0.15) is 0 Å². The molecule has 0 saturated carbocycles. The molecule has 2 aliphatic rings. The van der Waals surface area contributed by atoms with Crippen LogP contribution in [-0.4, -0.2) is 64.7 Å². The zero-order valence-electron chi connectivity index (χ0n) is 21.2. The van der Waals surface area contributed by atoms with E-state index in [9.17, 15) is 4.79 Å². The molecule has 1 aromatic heterocycles. The Morgan fingerprint density at radius 1 is 1.08 bits per heavy atom. The number of hydrogen-bond donors (Lipinski definition) is 1. The molecule has 5 rings (SSSR count). The van der Waals surface area contributed by atoms with Crippen molar-refractivity contribution in [1.82, 2.24) is 14.8 Å². The highest BCUT2D eigenvalue weighted by molar-refractivity contribution is 9.10. The molecule has 2 fully saturated rings. The van der Waals surface area contributed by atoms with Gasteiger partial charge in [-0.15, -0.1) is 0 Å². The van der Waals surface area contributed by atoms with E-state index in [-0.39, 0.29) is 11.4 Å². The average molecular weight is 552 g/mol. The Bertz CT molecular complexity index is 1220. The van der Waals surface area contributed by atoms with Crippen molar-refractivity contribution in [3.63, 3.8) is 0 Å². The van der Waals surface area contributed by atoms with Crippen molar-refractivity contribution in [2.24, 2.45) is 11.1 Å². The molecular weight excluding hydrogens is 516 g/mol. The maximum Gasteiger partial charge on any atom is 0.256 e. The highest BCUT2D eigenvalue weighted by atomic mass is 79.9. The normalized spacial score (nSPS) is 19.5. The number of carbonyl (C=O) groups is 1. The van der Waals surface area contributed by atoms with Crippen LogP contribution < -0.4 is 0 Å². The lowest BCUT2D eigenvalue weighted by atomic mass is 9.82. The summed E-state index contributed by atoms with van der Waals surface area (Å²) in [5.41, 5.74) is 4.12. The van der Waals surface area contributed by atoms with Crippen LogP contribution in [0.4, 0.5) is 0 Å². The predicted molar refractivity (Wildman–Crippen MR) is 148 cm³/mol. The minimum atomic E-state index is 0.122. The zero-order valence-corrected chi connectivity index (χ0v) is 22.8. The van der Waals surface area contributed by atoms with Crippen molar-refractivity contribution in [3.8, 4) is 0 Å². The third-order valence-electron chi connectivity index (χ3n) is 8.02. The summed E-state index contributed by atoms with van der Waals surface area (Å²) in [5.74, 6) is 0.528. The molecule has 1 amide bonds. The third kappa shape index (κ3) is 5.09. The number of fused-ring (bicyclic) bond motifs is 1. The highest BCUT2D eigenvalue weighted by Crippen LogP contribution is 2.34. The molecule has 0 aliphatic carbocycles. The standard InChI is InChI=1S/C29H35BrN4O2/c1-3-36-32-27(21-8-10-23(30)11-9-21)22-12-16-34(17-13-22)29(2)14-18-33(19-15-29)28(35)25-20-31-26-7-5-4-6-24(25)26/h4-11,20,22,31H,3,12-19H2,1-2H3/b32-27+. The predicted octanol–water partition coefficient (Wildman–Crippen LogP) is 6.08. The lowest BCUT2D eigenvalue weighted by Crippen LogP contribution is -2.56. The quantitative estimate of drug-likeness (QED) is 0.299. The van der Waals surface area contributed by atoms with Crippen LogP contribution in [0.1, 0.15) is 55.5 Å². The first kappa shape index (κ1) is 25.0. The largest absolute Gasteiger partial charge is 0.396 e. The van der Waals surface area contributed by atoms with E-state index < -0.39 is 0 Å². The number of para-hydroxylation sites is 1. The lowest BCUT2D eigenvalue weighted by molar-refractivity contribution is 0.0162. The molecule has 0 radical (unpaired) electrons. The fraction of sp³-hybridized carbons (Fsp3) is 0.448. The number of hydrogen-bond acceptors (Lipinski definition) is 4. The van der Waals surface area contributed by atoms with E-state index in [0.29, 0.717) is 12.5 Å². The number of halogens is 1. The molecule has 2 saturated heterocycles. The van der Waals surface area contributed by atoms with Gasteiger partial charge >= 0.3 is 0 Å². The fourth-order valence-electron chi connectivity index (χ4n) is 5.74. The molecule has 0 bridgehead atoms. The van der Waals surface area contributed by atoms with E-state index in [1.807, 2.05) is 42.3 Å². The number of benzene rings is 2. The maximum absolute atomic E-state index is 13.3. The van der Waals surface area contributed by atoms with E-state index in [4.69, 9.17) is 4.84 Å². The van der Waals surface area contributed by atoms with Crippen LogP contribution in [0.15, 0.2) is 64.4 Å². The smallest absolute Gasteiger partial charge is 0.256 e. The van der Waals surface area contributed by atoms with E-state index in [1.54, 1.807) is 0 Å². The average Bonchev–Trinajstić information content (AvgIpc) is 3.34. The second kappa shape index (κ2) is 10.8. The molecule has 0 atom stereocenters. The molecule has 6 nitrogen and oxygen atoms in total. The van der Waals surface area contributed by atoms with Gasteiger partial charge < -0.3 is 14.7 Å². The number of aromatic nitrogens is 1. The Kier molecular flexibility index (Phi) is 7.49. The first-order valence-electron chi connectivity index (χ1n) is 13.0. The number of likely N-dealkylation sites (tertiary alicyclic amines) is 2. The van der Waals surface area contributed by atoms with Crippen LogP contribution in [0.2, 0.25) is 0 Å². The molecular formula is C29H35BrN4O2. The van der Waals surface area contributed by atoms with Crippen LogP contribution in [0.5, 0.6) is 0 Å². The zero-order chi connectivity index (χ0) is 25.1. The first-order valence-corrected chi connectivity index (χ1v) is 13.8. The topological polar surface area (TPSA) is 60.9 Å². The van der Waals surface area contributed by atoms with Gasteiger partial charge in [0.05, 0.1) is 11.3 Å². The van der Waals surface area contributed by atoms with Crippen molar-refractivity contribution in [2.45, 2.75) is 45.1 Å². The van der Waals surface area contributed by atoms with E-state index in [2.05, 4.69) is 62.2 Å². The second-order valence-electron chi connectivity index (χ2n) is 10.2. The molecule has 3 aromatic rings. The summed E-state index contributed by atoms with van der Waals surface area (Å²) in [5, 5.41) is 5.54. The summed E-state index contributed by atoms with van der Waals surface area (Å²) < 4.78 is 1.07. The van der Waals surface area contributed by atoms with Crippen molar-refractivity contribution >= 4 is 38.5 Å². The summed E-state index contributed by atoms with van der Waals surface area (Å²) in [4.78, 5) is 26.7. The number of carbonyl (C=O) groups excluding carboxylic acids is 1. The summed E-state index contributed by atoms with van der Waals surface area (Å²) in [6, 6.07) is 16.4. The lowest BCUT2D eigenvalue weighted by Gasteiger charge is -2.49. The Morgan fingerprint density at radius 3 is 2.47 bits per heavy atom. The van der Waals surface area contributed by atoms with Crippen molar-refractivity contribution in [3.05, 3.63) is 70.3 Å². The van der Waals surface area contributed by atoms with Crippen LogP contribution in [0.3, 0.4) is 0 Å². The Balaban J connectivity index is 1.20. The number of piperidine rings is 2. The van der Waals surface area contributed by atoms with E-state index in [0.717, 1.165) is 84.1 Å². The first-order chi connectivity index (χ1) is 17.5. The number of nitrogens with one attached hydrogen (secondary N) is 1. The minimum Gasteiger partial charge on any atom is -0.396 e. The number of amides is 1. The molecule has 190 valence electrons. The number of oxime groups is 1. The summed E-state index contributed by atoms with van der Waals surface area (Å²) in [7, 11) is 0. The molecule has 36 heavy (non-hydrogen) atoms. The summed E-state index contributed by atoms with van der Waals surface area (Å²) >= 11 is 3.53. The van der Waals surface area contributed by atoms with Crippen LogP contribution in [0.25, 0.3) is 10.9 Å². The number of aromatic amines is 1. The minimum absolute atomic E-state index is 0.122. The fourth-order valence-corrected chi connectivity index (χ4v) is 6.00. The van der Waals surface area contributed by atoms with Gasteiger partial charge in [0.2, 0.25) is 0 Å². The van der Waals surface area contributed by atoms with Gasteiger partial charge in [0, 0.05) is 46.1 Å². The number of H-pyrrole nitrogens is 1. The second-order valence-corrected chi connectivity index (χ2v) is 11.1. The molecule has 2 aliphatic heterocycles. The van der Waals surface area contributed by atoms with Crippen molar-refractivity contribution in [2.75, 3.05) is 32.8 Å². The van der Waals surface area contributed by atoms with Crippen LogP contribution in [-0.2, 0) is 4.84 Å². The van der Waals surface area contributed by atoms with Gasteiger partial charge in [0.25, 0.3) is 5.91 Å². The summed E-state index contributed by atoms with van der Waals surface area (Å²) in [6.45, 7) is 8.60. The van der Waals surface area contributed by atoms with Gasteiger partial charge in [0.15, 0.2) is 0 Å². The van der Waals surface area contributed by atoms with E-state index in [1.165, 1.54) is 0 Å². The monoisotopic (exact) mass is 550 g/mol. The SMILES string of the molecule is CCO/N=C(\c1ccc(Br)cc1)C1CCN(C2(C)CCN(C(=O)c3c[nH]c4ccccc34)CC2)CC1. The summed E-state index contributed by atoms with van der Waals surface area (Å²) in [6.07, 6.45) is 5.99. The van der Waals surface area contributed by atoms with Gasteiger partial charge in [0.1, 0.15) is 6.61 Å². The molecule has 3 heterocycles. The van der Waals surface area contributed by atoms with Crippen molar-refractivity contribution < 1.29 is 9.63 Å². The molecule has 0 spiro atoms. The molecule has 7 heteroatoms. The molecule has 0 unspecified atom stereocenters. The van der Waals surface area contributed by atoms with E-state index >= 15 is 0 Å². The molecule has 2 aromatic carbocycles. The van der Waals surface area contributed by atoms with Crippen molar-refractivity contribution in [1.29, 1.82) is 0 Å². The highest BCUT2D eigenvalue weighted by Gasteiger charge is 2.39. The molecule has 1 N–H and O–H groups in total. The van der Waals surface area contributed by atoms with Crippen LogP contribution >= 0.6 is 15.9 Å². The number of nitrogens with zero attached hydrogens (tertiary/aromatic N) is 3. The van der Waals surface area contributed by atoms with Gasteiger partial charge in [-0.25, -0.2) is 0 Å².